The average Bonchev–Trinajstić information content (AvgIpc) is 3.25. The second-order valence-electron chi connectivity index (χ2n) is 7.23. The summed E-state index contributed by atoms with van der Waals surface area (Å²) in [6, 6.07) is 5.74. The minimum absolute atomic E-state index is 0.0599. The number of hydrogen-bond acceptors (Lipinski definition) is 4. The number of aryl methyl sites for hydroxylation is 1. The van der Waals surface area contributed by atoms with E-state index in [4.69, 9.17) is 0 Å². The van der Waals surface area contributed by atoms with E-state index in [1.165, 1.54) is 0 Å². The molecule has 2 fully saturated rings. The van der Waals surface area contributed by atoms with Gasteiger partial charge in [-0.25, -0.2) is 0 Å². The number of fused-ring (bicyclic) bond motifs is 1. The Morgan fingerprint density at radius 1 is 1.31 bits per heavy atom. The summed E-state index contributed by atoms with van der Waals surface area (Å²) in [4.78, 5) is 33.4. The molecule has 0 aliphatic carbocycles. The lowest BCUT2D eigenvalue weighted by atomic mass is 9.88. The van der Waals surface area contributed by atoms with E-state index in [-0.39, 0.29) is 23.7 Å². The number of carbonyl (C=O) groups excluding carboxylic acids is 2. The zero-order valence-electron chi connectivity index (χ0n) is 14.9. The molecule has 2 saturated heterocycles. The quantitative estimate of drug-likeness (QED) is 0.818. The third kappa shape index (κ3) is 3.34. The Kier molecular flexibility index (Phi) is 4.44. The van der Waals surface area contributed by atoms with Crippen LogP contribution in [0.15, 0.2) is 36.8 Å². The third-order valence-corrected chi connectivity index (χ3v) is 5.39. The van der Waals surface area contributed by atoms with Gasteiger partial charge in [-0.2, -0.15) is 5.10 Å². The van der Waals surface area contributed by atoms with Crippen molar-refractivity contribution in [3.05, 3.63) is 48.0 Å². The van der Waals surface area contributed by atoms with E-state index in [2.05, 4.69) is 10.1 Å². The number of piperidine rings is 1. The molecule has 2 aliphatic heterocycles. The molecule has 2 atom stereocenters. The summed E-state index contributed by atoms with van der Waals surface area (Å²) in [5, 5.41) is 4.27. The van der Waals surface area contributed by atoms with Crippen LogP contribution in [0.5, 0.6) is 0 Å². The van der Waals surface area contributed by atoms with Crippen molar-refractivity contribution in [2.45, 2.75) is 19.4 Å². The third-order valence-electron chi connectivity index (χ3n) is 5.39. The lowest BCUT2D eigenvalue weighted by Gasteiger charge is -2.33. The topological polar surface area (TPSA) is 71.3 Å². The van der Waals surface area contributed by atoms with Crippen molar-refractivity contribution in [1.82, 2.24) is 24.6 Å². The molecule has 0 aromatic carbocycles. The molecule has 0 saturated carbocycles. The van der Waals surface area contributed by atoms with Crippen LogP contribution in [0.25, 0.3) is 0 Å². The fourth-order valence-corrected chi connectivity index (χ4v) is 4.01. The van der Waals surface area contributed by atoms with Crippen molar-refractivity contribution < 1.29 is 9.59 Å². The molecule has 26 heavy (non-hydrogen) atoms. The normalized spacial score (nSPS) is 22.6. The smallest absolute Gasteiger partial charge is 0.228 e. The number of pyridine rings is 1. The molecular formula is C19H23N5O2. The molecule has 4 heterocycles. The first-order chi connectivity index (χ1) is 12.6. The maximum absolute atomic E-state index is 12.9. The zero-order valence-corrected chi connectivity index (χ0v) is 14.9. The fraction of sp³-hybridized carbons (Fsp3) is 0.474. The number of rotatable bonds is 4. The molecule has 2 aromatic rings. The van der Waals surface area contributed by atoms with E-state index in [9.17, 15) is 9.59 Å². The van der Waals surface area contributed by atoms with Gasteiger partial charge < -0.3 is 9.80 Å². The number of carbonyl (C=O) groups is 2. The van der Waals surface area contributed by atoms with Gasteiger partial charge in [0.1, 0.15) is 0 Å². The van der Waals surface area contributed by atoms with Crippen LogP contribution < -0.4 is 0 Å². The van der Waals surface area contributed by atoms with E-state index < -0.39 is 0 Å². The monoisotopic (exact) mass is 353 g/mol. The molecule has 2 aliphatic rings. The van der Waals surface area contributed by atoms with Gasteiger partial charge in [-0.05, 0) is 30.0 Å². The van der Waals surface area contributed by atoms with Crippen LogP contribution in [0, 0.1) is 11.8 Å². The molecule has 0 N–H and O–H groups in total. The summed E-state index contributed by atoms with van der Waals surface area (Å²) >= 11 is 0. The first-order valence-corrected chi connectivity index (χ1v) is 9.04. The maximum Gasteiger partial charge on any atom is 0.228 e. The number of amides is 2. The van der Waals surface area contributed by atoms with Crippen LogP contribution in [0.3, 0.4) is 0 Å². The zero-order chi connectivity index (χ0) is 18.1. The van der Waals surface area contributed by atoms with Crippen LogP contribution in [-0.2, 0) is 29.6 Å². The van der Waals surface area contributed by atoms with Crippen LogP contribution in [0.2, 0.25) is 0 Å². The predicted molar refractivity (Wildman–Crippen MR) is 94.7 cm³/mol. The molecule has 0 bridgehead atoms. The van der Waals surface area contributed by atoms with Gasteiger partial charge in [0, 0.05) is 51.8 Å². The summed E-state index contributed by atoms with van der Waals surface area (Å²) in [7, 11) is 1.84. The Bertz CT molecular complexity index is 803. The number of hydrogen-bond donors (Lipinski definition) is 0. The Labute approximate surface area is 152 Å². The Morgan fingerprint density at radius 2 is 2.19 bits per heavy atom. The van der Waals surface area contributed by atoms with Gasteiger partial charge >= 0.3 is 0 Å². The molecular weight excluding hydrogens is 330 g/mol. The molecule has 2 aromatic heterocycles. The summed E-state index contributed by atoms with van der Waals surface area (Å²) in [6.45, 7) is 2.55. The van der Waals surface area contributed by atoms with Gasteiger partial charge in [0.25, 0.3) is 0 Å². The van der Waals surface area contributed by atoms with E-state index in [0.717, 1.165) is 24.2 Å². The van der Waals surface area contributed by atoms with Crippen molar-refractivity contribution in [3.63, 3.8) is 0 Å². The first-order valence-electron chi connectivity index (χ1n) is 9.04. The molecule has 0 radical (unpaired) electrons. The summed E-state index contributed by atoms with van der Waals surface area (Å²) < 4.78 is 1.70. The van der Waals surface area contributed by atoms with Gasteiger partial charge in [-0.15, -0.1) is 0 Å². The highest BCUT2D eigenvalue weighted by Gasteiger charge is 2.44. The van der Waals surface area contributed by atoms with Crippen LogP contribution in [-0.4, -0.2) is 56.0 Å². The van der Waals surface area contributed by atoms with Gasteiger partial charge in [0.05, 0.1) is 18.0 Å². The fourth-order valence-electron chi connectivity index (χ4n) is 4.01. The van der Waals surface area contributed by atoms with Gasteiger partial charge in [0.2, 0.25) is 11.8 Å². The predicted octanol–water partition coefficient (Wildman–Crippen LogP) is 0.865. The van der Waals surface area contributed by atoms with Crippen molar-refractivity contribution in [1.29, 1.82) is 0 Å². The largest absolute Gasteiger partial charge is 0.341 e. The summed E-state index contributed by atoms with van der Waals surface area (Å²) in [6.07, 6.45) is 6.63. The Hall–Kier alpha value is -2.70. The number of nitrogens with zero attached hydrogens (tertiary/aromatic N) is 5. The molecule has 7 heteroatoms. The van der Waals surface area contributed by atoms with E-state index in [1.54, 1.807) is 17.1 Å². The number of likely N-dealkylation sites (tertiary alicyclic amines) is 2. The lowest BCUT2D eigenvalue weighted by Crippen LogP contribution is -2.44. The first kappa shape index (κ1) is 16.8. The second kappa shape index (κ2) is 6.90. The van der Waals surface area contributed by atoms with Crippen molar-refractivity contribution in [3.8, 4) is 0 Å². The highest BCUT2D eigenvalue weighted by Crippen LogP contribution is 2.33. The van der Waals surface area contributed by atoms with Crippen molar-refractivity contribution in [2.75, 3.05) is 19.6 Å². The maximum atomic E-state index is 12.9. The van der Waals surface area contributed by atoms with E-state index in [0.29, 0.717) is 26.1 Å². The summed E-state index contributed by atoms with van der Waals surface area (Å²) in [5.74, 6) is 0.427. The van der Waals surface area contributed by atoms with Crippen LogP contribution in [0.1, 0.15) is 17.7 Å². The number of aromatic nitrogens is 3. The standard InChI is InChI=1S/C19H23N5O2/c1-22-7-5-16(21-22)9-18(25)24-12-15-4-8-23(19(26)17(15)13-24)11-14-3-2-6-20-10-14/h2-3,5-7,10,15,17H,4,8-9,11-13H2,1H3/t15-,17+/m1/s1. The van der Waals surface area contributed by atoms with Crippen molar-refractivity contribution in [2.24, 2.45) is 18.9 Å². The Balaban J connectivity index is 1.38. The van der Waals surface area contributed by atoms with E-state index in [1.807, 2.05) is 41.2 Å². The second-order valence-corrected chi connectivity index (χ2v) is 7.23. The molecule has 136 valence electrons. The van der Waals surface area contributed by atoms with Gasteiger partial charge in [-0.1, -0.05) is 6.07 Å². The molecule has 4 rings (SSSR count). The van der Waals surface area contributed by atoms with Crippen LogP contribution >= 0.6 is 0 Å². The SMILES string of the molecule is Cn1ccc(CC(=O)N2C[C@H]3CCN(Cc4cccnc4)C(=O)[C@H]3C2)n1. The summed E-state index contributed by atoms with van der Waals surface area (Å²) in [5.41, 5.74) is 1.82. The van der Waals surface area contributed by atoms with Crippen LogP contribution in [0.4, 0.5) is 0 Å². The molecule has 2 amide bonds. The molecule has 0 spiro atoms. The molecule has 7 nitrogen and oxygen atoms in total. The average molecular weight is 353 g/mol. The van der Waals surface area contributed by atoms with Crippen molar-refractivity contribution >= 4 is 11.8 Å². The minimum atomic E-state index is -0.0758. The Morgan fingerprint density at radius 3 is 2.92 bits per heavy atom. The highest BCUT2D eigenvalue weighted by molar-refractivity contribution is 5.84. The lowest BCUT2D eigenvalue weighted by molar-refractivity contribution is -0.140. The minimum Gasteiger partial charge on any atom is -0.341 e. The van der Waals surface area contributed by atoms with Gasteiger partial charge in [-0.3, -0.25) is 19.3 Å². The molecule has 0 unspecified atom stereocenters. The highest BCUT2D eigenvalue weighted by atomic mass is 16.2. The van der Waals surface area contributed by atoms with E-state index >= 15 is 0 Å². The van der Waals surface area contributed by atoms with Gasteiger partial charge in [0.15, 0.2) is 0 Å².